The summed E-state index contributed by atoms with van der Waals surface area (Å²) in [6.45, 7) is 6.03. The fourth-order valence-electron chi connectivity index (χ4n) is 1.57. The van der Waals surface area contributed by atoms with Crippen LogP contribution in [0.25, 0.3) is 0 Å². The first kappa shape index (κ1) is 15.5. The zero-order valence-electron chi connectivity index (χ0n) is 11.9. The van der Waals surface area contributed by atoms with E-state index in [-0.39, 0.29) is 10.3 Å². The molecular formula is C14H15N3O2S2. The fourth-order valence-corrected chi connectivity index (χ4v) is 3.81. The molecule has 0 saturated heterocycles. The molecule has 1 heterocycles. The molecule has 0 atom stereocenters. The molecule has 0 aliphatic heterocycles. The maximum atomic E-state index is 12.3. The third kappa shape index (κ3) is 3.60. The number of rotatable bonds is 3. The highest BCUT2D eigenvalue weighted by Crippen LogP contribution is 2.27. The van der Waals surface area contributed by atoms with Crippen molar-refractivity contribution in [1.82, 2.24) is 4.98 Å². The van der Waals surface area contributed by atoms with E-state index >= 15 is 0 Å². The van der Waals surface area contributed by atoms with Crippen molar-refractivity contribution in [3.63, 3.8) is 0 Å². The van der Waals surface area contributed by atoms with Gasteiger partial charge in [-0.3, -0.25) is 4.72 Å². The van der Waals surface area contributed by atoms with E-state index in [4.69, 9.17) is 5.26 Å². The Morgan fingerprint density at radius 2 is 2.05 bits per heavy atom. The Labute approximate surface area is 128 Å². The molecule has 0 amide bonds. The van der Waals surface area contributed by atoms with Crippen LogP contribution in [0, 0.1) is 11.3 Å². The molecule has 0 unspecified atom stereocenters. The number of sulfonamides is 1. The van der Waals surface area contributed by atoms with Crippen LogP contribution in [-0.2, 0) is 15.4 Å². The topological polar surface area (TPSA) is 82.9 Å². The van der Waals surface area contributed by atoms with E-state index in [0.717, 1.165) is 5.69 Å². The number of aromatic nitrogens is 1. The Balaban J connectivity index is 2.29. The quantitative estimate of drug-likeness (QED) is 0.941. The molecule has 0 saturated carbocycles. The van der Waals surface area contributed by atoms with Crippen LogP contribution in [0.15, 0.2) is 34.5 Å². The summed E-state index contributed by atoms with van der Waals surface area (Å²) in [5, 5.41) is 11.0. The van der Waals surface area contributed by atoms with Gasteiger partial charge in [0.2, 0.25) is 0 Å². The van der Waals surface area contributed by atoms with E-state index < -0.39 is 10.0 Å². The number of hydrogen-bond donors (Lipinski definition) is 1. The van der Waals surface area contributed by atoms with Crippen LogP contribution in [0.2, 0.25) is 0 Å². The highest BCUT2D eigenvalue weighted by molar-refractivity contribution is 7.93. The standard InChI is InChI=1S/C14H15N3O2S2/c1-14(2,3)12-9-20-13(16-12)17-21(18,19)11-6-4-5-10(7-11)8-15/h4-7,9H,1-3H3,(H,16,17). The van der Waals surface area contributed by atoms with Crippen molar-refractivity contribution in [2.24, 2.45) is 0 Å². The monoisotopic (exact) mass is 321 g/mol. The van der Waals surface area contributed by atoms with Crippen molar-refractivity contribution >= 4 is 26.5 Å². The highest BCUT2D eigenvalue weighted by Gasteiger charge is 2.20. The molecule has 2 aromatic rings. The summed E-state index contributed by atoms with van der Waals surface area (Å²) in [4.78, 5) is 4.35. The number of benzene rings is 1. The van der Waals surface area contributed by atoms with Gasteiger partial charge in [0.1, 0.15) is 0 Å². The van der Waals surface area contributed by atoms with Crippen LogP contribution in [0.3, 0.4) is 0 Å². The predicted octanol–water partition coefficient (Wildman–Crippen LogP) is 3.11. The maximum absolute atomic E-state index is 12.3. The predicted molar refractivity (Wildman–Crippen MR) is 82.8 cm³/mol. The summed E-state index contributed by atoms with van der Waals surface area (Å²) in [6.07, 6.45) is 0. The summed E-state index contributed by atoms with van der Waals surface area (Å²) >= 11 is 1.24. The Bertz CT molecular complexity index is 796. The molecule has 2 rings (SSSR count). The first-order valence-corrected chi connectivity index (χ1v) is 8.58. The molecule has 0 fully saturated rings. The van der Waals surface area contributed by atoms with Crippen molar-refractivity contribution in [1.29, 1.82) is 5.26 Å². The third-order valence-corrected chi connectivity index (χ3v) is 4.99. The second-order valence-corrected chi connectivity index (χ2v) is 8.07. The fraction of sp³-hybridized carbons (Fsp3) is 0.286. The summed E-state index contributed by atoms with van der Waals surface area (Å²) < 4.78 is 27.0. The molecule has 110 valence electrons. The van der Waals surface area contributed by atoms with Crippen LogP contribution >= 0.6 is 11.3 Å². The molecule has 0 spiro atoms. The van der Waals surface area contributed by atoms with Gasteiger partial charge in [-0.05, 0) is 18.2 Å². The summed E-state index contributed by atoms with van der Waals surface area (Å²) in [6, 6.07) is 7.79. The van der Waals surface area contributed by atoms with Gasteiger partial charge in [-0.1, -0.05) is 26.8 Å². The van der Waals surface area contributed by atoms with Gasteiger partial charge in [-0.25, -0.2) is 13.4 Å². The van der Waals surface area contributed by atoms with Crippen LogP contribution in [-0.4, -0.2) is 13.4 Å². The van der Waals surface area contributed by atoms with Gasteiger partial charge in [0.25, 0.3) is 10.0 Å². The smallest absolute Gasteiger partial charge is 0.255 e. The number of anilines is 1. The Kier molecular flexibility index (Phi) is 4.03. The van der Waals surface area contributed by atoms with Crippen molar-refractivity contribution < 1.29 is 8.42 Å². The highest BCUT2D eigenvalue weighted by atomic mass is 32.2. The van der Waals surface area contributed by atoms with Crippen LogP contribution < -0.4 is 4.72 Å². The Morgan fingerprint density at radius 3 is 2.62 bits per heavy atom. The molecule has 0 aliphatic carbocycles. The lowest BCUT2D eigenvalue weighted by atomic mass is 9.93. The molecule has 0 radical (unpaired) electrons. The Morgan fingerprint density at radius 1 is 1.33 bits per heavy atom. The van der Waals surface area contributed by atoms with E-state index in [1.54, 1.807) is 6.07 Å². The van der Waals surface area contributed by atoms with E-state index in [2.05, 4.69) is 9.71 Å². The lowest BCUT2D eigenvalue weighted by molar-refractivity contribution is 0.573. The van der Waals surface area contributed by atoms with E-state index in [1.807, 2.05) is 32.2 Å². The normalized spacial score (nSPS) is 11.9. The average molecular weight is 321 g/mol. The van der Waals surface area contributed by atoms with Gasteiger partial charge in [-0.2, -0.15) is 5.26 Å². The first-order valence-electron chi connectivity index (χ1n) is 6.21. The molecule has 1 aromatic carbocycles. The SMILES string of the molecule is CC(C)(C)c1csc(NS(=O)(=O)c2cccc(C#N)c2)n1. The molecular weight excluding hydrogens is 306 g/mol. The number of nitriles is 1. The lowest BCUT2D eigenvalue weighted by Gasteiger charge is -2.14. The van der Waals surface area contributed by atoms with Gasteiger partial charge in [0, 0.05) is 10.8 Å². The van der Waals surface area contributed by atoms with Gasteiger partial charge in [0.05, 0.1) is 22.2 Å². The zero-order valence-corrected chi connectivity index (χ0v) is 13.5. The second kappa shape index (κ2) is 5.47. The van der Waals surface area contributed by atoms with Crippen molar-refractivity contribution in [3.8, 4) is 6.07 Å². The molecule has 1 N–H and O–H groups in total. The summed E-state index contributed by atoms with van der Waals surface area (Å²) in [5.74, 6) is 0. The summed E-state index contributed by atoms with van der Waals surface area (Å²) in [5.41, 5.74) is 0.990. The number of thiazole rings is 1. The van der Waals surface area contributed by atoms with Gasteiger partial charge in [-0.15, -0.1) is 11.3 Å². The Hall–Kier alpha value is -1.91. The average Bonchev–Trinajstić information content (AvgIpc) is 2.86. The lowest BCUT2D eigenvalue weighted by Crippen LogP contribution is -2.15. The van der Waals surface area contributed by atoms with E-state index in [1.165, 1.54) is 29.5 Å². The minimum Gasteiger partial charge on any atom is -0.255 e. The summed E-state index contributed by atoms with van der Waals surface area (Å²) in [7, 11) is -3.73. The van der Waals surface area contributed by atoms with Gasteiger partial charge in [0.15, 0.2) is 5.13 Å². The molecule has 0 aliphatic rings. The van der Waals surface area contributed by atoms with Crippen molar-refractivity contribution in [2.75, 3.05) is 4.72 Å². The van der Waals surface area contributed by atoms with Crippen LogP contribution in [0.5, 0.6) is 0 Å². The largest absolute Gasteiger partial charge is 0.263 e. The first-order chi connectivity index (χ1) is 9.72. The minimum absolute atomic E-state index is 0.0501. The van der Waals surface area contributed by atoms with Gasteiger partial charge >= 0.3 is 0 Å². The number of hydrogen-bond acceptors (Lipinski definition) is 5. The van der Waals surface area contributed by atoms with Crippen molar-refractivity contribution in [3.05, 3.63) is 40.9 Å². The van der Waals surface area contributed by atoms with Crippen LogP contribution in [0.4, 0.5) is 5.13 Å². The zero-order chi connectivity index (χ0) is 15.7. The third-order valence-electron chi connectivity index (χ3n) is 2.77. The van der Waals surface area contributed by atoms with E-state index in [0.29, 0.717) is 10.7 Å². The molecule has 5 nitrogen and oxygen atoms in total. The molecule has 7 heteroatoms. The number of nitrogens with one attached hydrogen (secondary N) is 1. The molecule has 1 aromatic heterocycles. The van der Waals surface area contributed by atoms with Crippen molar-refractivity contribution in [2.45, 2.75) is 31.1 Å². The maximum Gasteiger partial charge on any atom is 0.263 e. The molecule has 21 heavy (non-hydrogen) atoms. The second-order valence-electron chi connectivity index (χ2n) is 5.53. The van der Waals surface area contributed by atoms with Gasteiger partial charge < -0.3 is 0 Å². The van der Waals surface area contributed by atoms with E-state index in [9.17, 15) is 8.42 Å². The number of nitrogens with zero attached hydrogens (tertiary/aromatic N) is 2. The van der Waals surface area contributed by atoms with Crippen LogP contribution in [0.1, 0.15) is 32.0 Å². The minimum atomic E-state index is -3.73. The molecule has 0 bridgehead atoms.